The van der Waals surface area contributed by atoms with E-state index in [1.54, 1.807) is 23.5 Å². The number of hydrogen-bond donors (Lipinski definition) is 3. The van der Waals surface area contributed by atoms with Gasteiger partial charge in [0.15, 0.2) is 0 Å². The van der Waals surface area contributed by atoms with Crippen molar-refractivity contribution in [3.63, 3.8) is 0 Å². The normalized spacial score (nSPS) is 17.7. The van der Waals surface area contributed by atoms with Gasteiger partial charge in [-0.3, -0.25) is 14.4 Å². The summed E-state index contributed by atoms with van der Waals surface area (Å²) in [6, 6.07) is 4.17. The van der Waals surface area contributed by atoms with Crippen LogP contribution in [0.5, 0.6) is 0 Å². The second kappa shape index (κ2) is 7.93. The molecular formula is C18H19N3O6S. The monoisotopic (exact) mass is 405 g/mol. The second-order valence-electron chi connectivity index (χ2n) is 6.62. The van der Waals surface area contributed by atoms with E-state index in [1.165, 1.54) is 4.90 Å². The third-order valence-electron chi connectivity index (χ3n) is 4.55. The van der Waals surface area contributed by atoms with Crippen molar-refractivity contribution in [3.8, 4) is 0 Å². The van der Waals surface area contributed by atoms with Crippen molar-refractivity contribution in [2.75, 3.05) is 11.4 Å². The van der Waals surface area contributed by atoms with Gasteiger partial charge in [0.25, 0.3) is 0 Å². The summed E-state index contributed by atoms with van der Waals surface area (Å²) in [7, 11) is 0. The number of amides is 2. The van der Waals surface area contributed by atoms with Crippen LogP contribution in [-0.4, -0.2) is 51.5 Å². The van der Waals surface area contributed by atoms with E-state index in [9.17, 15) is 24.3 Å². The minimum atomic E-state index is -1.31. The van der Waals surface area contributed by atoms with Gasteiger partial charge in [0.1, 0.15) is 6.04 Å². The molecule has 0 spiro atoms. The zero-order valence-corrected chi connectivity index (χ0v) is 15.9. The van der Waals surface area contributed by atoms with Crippen LogP contribution < -0.4 is 10.2 Å². The third kappa shape index (κ3) is 4.28. The van der Waals surface area contributed by atoms with Crippen LogP contribution in [0.4, 0.5) is 5.69 Å². The Kier molecular flexibility index (Phi) is 5.59. The quantitative estimate of drug-likeness (QED) is 0.633. The number of carbonyl (C=O) groups excluding carboxylic acids is 2. The Morgan fingerprint density at radius 2 is 2.11 bits per heavy atom. The first-order valence-electron chi connectivity index (χ1n) is 8.67. The molecule has 1 saturated heterocycles. The largest absolute Gasteiger partial charge is 0.481 e. The van der Waals surface area contributed by atoms with Crippen molar-refractivity contribution in [2.24, 2.45) is 5.92 Å². The summed E-state index contributed by atoms with van der Waals surface area (Å²) in [6.07, 6.45) is -0.633. The lowest BCUT2D eigenvalue weighted by molar-refractivity contribution is -0.143. The average Bonchev–Trinajstić information content (AvgIpc) is 3.18. The molecule has 0 bridgehead atoms. The number of rotatable bonds is 7. The Balaban J connectivity index is 1.69. The lowest BCUT2D eigenvalue weighted by atomic mass is 10.1. The molecule has 28 heavy (non-hydrogen) atoms. The highest BCUT2D eigenvalue weighted by Crippen LogP contribution is 2.30. The van der Waals surface area contributed by atoms with E-state index in [0.717, 1.165) is 15.2 Å². The highest BCUT2D eigenvalue weighted by molar-refractivity contribution is 7.18. The standard InChI is InChI=1S/C18H19N3O6S/c1-9-19-13-7-11(2-4-14(13)28-9)21-8-10(6-15(21)22)17(25)20-12(18(26)27)3-5-16(23)24/h2,4,7,10,12H,3,5-6,8H2,1H3,(H,20,25)(H,23,24)(H,26,27)/t10?,12-/m0/s1. The molecule has 9 nitrogen and oxygen atoms in total. The number of carboxylic acids is 2. The molecule has 1 aromatic carbocycles. The van der Waals surface area contributed by atoms with Crippen LogP contribution in [0.2, 0.25) is 0 Å². The van der Waals surface area contributed by atoms with Gasteiger partial charge in [-0.2, -0.15) is 0 Å². The lowest BCUT2D eigenvalue weighted by Gasteiger charge is -2.18. The molecule has 3 N–H and O–H groups in total. The van der Waals surface area contributed by atoms with Gasteiger partial charge in [0.05, 0.1) is 21.1 Å². The molecule has 1 aliphatic rings. The number of thiazole rings is 1. The number of benzene rings is 1. The number of hydrogen-bond acceptors (Lipinski definition) is 6. The van der Waals surface area contributed by atoms with Gasteiger partial charge in [-0.15, -0.1) is 11.3 Å². The fourth-order valence-corrected chi connectivity index (χ4v) is 3.95. The van der Waals surface area contributed by atoms with Crippen LogP contribution in [0.1, 0.15) is 24.3 Å². The Hall–Kier alpha value is -3.01. The molecule has 2 aromatic rings. The van der Waals surface area contributed by atoms with Crippen molar-refractivity contribution < 1.29 is 29.4 Å². The summed E-state index contributed by atoms with van der Waals surface area (Å²) in [5.74, 6) is -3.95. The first-order valence-corrected chi connectivity index (χ1v) is 9.49. The molecule has 2 heterocycles. The maximum atomic E-state index is 12.4. The van der Waals surface area contributed by atoms with E-state index in [4.69, 9.17) is 5.11 Å². The lowest BCUT2D eigenvalue weighted by Crippen LogP contribution is -2.44. The number of nitrogens with zero attached hydrogens (tertiary/aromatic N) is 2. The first-order chi connectivity index (χ1) is 13.2. The highest BCUT2D eigenvalue weighted by Gasteiger charge is 2.36. The summed E-state index contributed by atoms with van der Waals surface area (Å²) in [6.45, 7) is 2.03. The molecule has 1 aromatic heterocycles. The molecule has 2 amide bonds. The zero-order chi connectivity index (χ0) is 20.4. The molecule has 1 aliphatic heterocycles. The van der Waals surface area contributed by atoms with Crippen LogP contribution in [0.3, 0.4) is 0 Å². The van der Waals surface area contributed by atoms with Crippen molar-refractivity contribution in [3.05, 3.63) is 23.2 Å². The Morgan fingerprint density at radius 3 is 2.79 bits per heavy atom. The summed E-state index contributed by atoms with van der Waals surface area (Å²) in [4.78, 5) is 52.6. The van der Waals surface area contributed by atoms with Crippen LogP contribution in [0, 0.1) is 12.8 Å². The topological polar surface area (TPSA) is 137 Å². The number of carbonyl (C=O) groups is 4. The number of fused-ring (bicyclic) bond motifs is 1. The average molecular weight is 405 g/mol. The first kappa shape index (κ1) is 19.7. The summed E-state index contributed by atoms with van der Waals surface area (Å²) in [5.41, 5.74) is 1.42. The number of anilines is 1. The van der Waals surface area contributed by atoms with Gasteiger partial charge >= 0.3 is 11.9 Å². The predicted molar refractivity (Wildman–Crippen MR) is 101 cm³/mol. The Morgan fingerprint density at radius 1 is 1.36 bits per heavy atom. The second-order valence-corrected chi connectivity index (χ2v) is 7.86. The van der Waals surface area contributed by atoms with E-state index in [2.05, 4.69) is 10.3 Å². The van der Waals surface area contributed by atoms with E-state index in [-0.39, 0.29) is 31.7 Å². The van der Waals surface area contributed by atoms with Crippen LogP contribution in [-0.2, 0) is 19.2 Å². The molecule has 1 unspecified atom stereocenters. The molecule has 148 valence electrons. The van der Waals surface area contributed by atoms with Gasteiger partial charge in [-0.1, -0.05) is 0 Å². The number of aryl methyl sites for hydroxylation is 1. The Bertz CT molecular complexity index is 956. The van der Waals surface area contributed by atoms with Crippen molar-refractivity contribution >= 4 is 51.0 Å². The fraction of sp³-hybridized carbons (Fsp3) is 0.389. The predicted octanol–water partition coefficient (Wildman–Crippen LogP) is 1.39. The number of aliphatic carboxylic acids is 2. The van der Waals surface area contributed by atoms with Gasteiger partial charge < -0.3 is 20.4 Å². The Labute approximate surface area is 164 Å². The molecule has 2 atom stereocenters. The van der Waals surface area contributed by atoms with Gasteiger partial charge in [-0.05, 0) is 31.5 Å². The van der Waals surface area contributed by atoms with E-state index in [1.807, 2.05) is 13.0 Å². The molecule has 0 saturated carbocycles. The van der Waals surface area contributed by atoms with E-state index >= 15 is 0 Å². The summed E-state index contributed by atoms with van der Waals surface area (Å²) >= 11 is 1.55. The van der Waals surface area contributed by atoms with Crippen molar-refractivity contribution in [2.45, 2.75) is 32.2 Å². The summed E-state index contributed by atoms with van der Waals surface area (Å²) < 4.78 is 1.00. The molecule has 1 fully saturated rings. The van der Waals surface area contributed by atoms with Crippen LogP contribution in [0.25, 0.3) is 10.2 Å². The molecule has 0 radical (unpaired) electrons. The molecule has 3 rings (SSSR count). The van der Waals surface area contributed by atoms with Crippen LogP contribution in [0.15, 0.2) is 18.2 Å². The molecule has 0 aliphatic carbocycles. The zero-order valence-electron chi connectivity index (χ0n) is 15.0. The smallest absolute Gasteiger partial charge is 0.326 e. The number of carboxylic acid groups (broad SMARTS) is 2. The number of nitrogens with one attached hydrogen (secondary N) is 1. The minimum absolute atomic E-state index is 0.0365. The maximum absolute atomic E-state index is 12.4. The van der Waals surface area contributed by atoms with Crippen molar-refractivity contribution in [1.29, 1.82) is 0 Å². The van der Waals surface area contributed by atoms with Gasteiger partial charge in [0.2, 0.25) is 11.8 Å². The van der Waals surface area contributed by atoms with E-state index < -0.39 is 29.8 Å². The number of aromatic nitrogens is 1. The molecular weight excluding hydrogens is 386 g/mol. The highest BCUT2D eigenvalue weighted by atomic mass is 32.1. The minimum Gasteiger partial charge on any atom is -0.481 e. The van der Waals surface area contributed by atoms with E-state index in [0.29, 0.717) is 5.69 Å². The van der Waals surface area contributed by atoms with Gasteiger partial charge in [0, 0.05) is 25.1 Å². The maximum Gasteiger partial charge on any atom is 0.326 e. The third-order valence-corrected chi connectivity index (χ3v) is 5.50. The summed E-state index contributed by atoms with van der Waals surface area (Å²) in [5, 5.41) is 21.1. The van der Waals surface area contributed by atoms with Crippen LogP contribution >= 0.6 is 11.3 Å². The van der Waals surface area contributed by atoms with Gasteiger partial charge in [-0.25, -0.2) is 9.78 Å². The van der Waals surface area contributed by atoms with Crippen molar-refractivity contribution in [1.82, 2.24) is 10.3 Å². The fourth-order valence-electron chi connectivity index (χ4n) is 3.15. The SMILES string of the molecule is Cc1nc2cc(N3CC(C(=O)N[C@@H](CCC(=O)O)C(=O)O)CC3=O)ccc2s1. The molecule has 10 heteroatoms.